The van der Waals surface area contributed by atoms with E-state index >= 15 is 0 Å². The predicted octanol–water partition coefficient (Wildman–Crippen LogP) is 2.27. The highest BCUT2D eigenvalue weighted by atomic mass is 79.9. The Labute approximate surface area is 119 Å². The lowest BCUT2D eigenvalue weighted by Gasteiger charge is -2.21. The largest absolute Gasteiger partial charge is 0.486 e. The van der Waals surface area contributed by atoms with Crippen LogP contribution in [-0.4, -0.2) is 31.6 Å². The van der Waals surface area contributed by atoms with Crippen molar-refractivity contribution in [1.82, 2.24) is 0 Å². The molecule has 1 aromatic carbocycles. The van der Waals surface area contributed by atoms with Crippen LogP contribution in [0.2, 0.25) is 0 Å². The zero-order valence-electron chi connectivity index (χ0n) is 10.6. The van der Waals surface area contributed by atoms with Gasteiger partial charge in [0.1, 0.15) is 13.2 Å². The topological polar surface area (TPSA) is 61.8 Å². The number of halogens is 1. The van der Waals surface area contributed by atoms with E-state index in [0.717, 1.165) is 0 Å². The number of carbonyl (C=O) groups is 2. The molecule has 0 atom stereocenters. The first-order chi connectivity index (χ1) is 9.06. The highest BCUT2D eigenvalue weighted by Crippen LogP contribution is 2.41. The highest BCUT2D eigenvalue weighted by molar-refractivity contribution is 9.10. The number of esters is 1. The van der Waals surface area contributed by atoms with Crippen LogP contribution in [0.3, 0.4) is 0 Å². The summed E-state index contributed by atoms with van der Waals surface area (Å²) >= 11 is 3.36. The zero-order valence-corrected chi connectivity index (χ0v) is 12.2. The summed E-state index contributed by atoms with van der Waals surface area (Å²) in [4.78, 5) is 23.5. The summed E-state index contributed by atoms with van der Waals surface area (Å²) in [5.41, 5.74) is 0.886. The molecule has 0 amide bonds. The Kier molecular flexibility index (Phi) is 4.09. The number of hydrogen-bond acceptors (Lipinski definition) is 5. The Bertz CT molecular complexity index is 538. The standard InChI is InChI=1S/C13H13BrO5/c1-3-17-13(16)11(15)8-6-9-12(10(14)7(8)2)19-5-4-18-9/h6H,3-5H2,1-2H3. The molecule has 19 heavy (non-hydrogen) atoms. The van der Waals surface area contributed by atoms with Crippen molar-refractivity contribution < 1.29 is 23.8 Å². The molecule has 0 N–H and O–H groups in total. The van der Waals surface area contributed by atoms with Crippen molar-refractivity contribution in [1.29, 1.82) is 0 Å². The molecule has 1 aliphatic heterocycles. The maximum atomic E-state index is 12.0. The molecule has 0 bridgehead atoms. The lowest BCUT2D eigenvalue weighted by atomic mass is 10.0. The number of hydrogen-bond donors (Lipinski definition) is 0. The van der Waals surface area contributed by atoms with Gasteiger partial charge in [0.25, 0.3) is 5.78 Å². The van der Waals surface area contributed by atoms with Gasteiger partial charge in [0.05, 0.1) is 11.1 Å². The molecule has 0 saturated heterocycles. The van der Waals surface area contributed by atoms with Gasteiger partial charge >= 0.3 is 5.97 Å². The van der Waals surface area contributed by atoms with Crippen molar-refractivity contribution in [3.63, 3.8) is 0 Å². The van der Waals surface area contributed by atoms with Gasteiger partial charge in [-0.2, -0.15) is 0 Å². The number of carbonyl (C=O) groups excluding carboxylic acids is 2. The van der Waals surface area contributed by atoms with Gasteiger partial charge < -0.3 is 14.2 Å². The van der Waals surface area contributed by atoms with Gasteiger partial charge in [0.2, 0.25) is 0 Å². The van der Waals surface area contributed by atoms with Crippen LogP contribution < -0.4 is 9.47 Å². The van der Waals surface area contributed by atoms with E-state index in [0.29, 0.717) is 34.7 Å². The molecule has 2 rings (SSSR count). The maximum Gasteiger partial charge on any atom is 0.379 e. The molecule has 5 nitrogen and oxygen atoms in total. The minimum absolute atomic E-state index is 0.162. The van der Waals surface area contributed by atoms with Crippen LogP contribution in [0.5, 0.6) is 11.5 Å². The van der Waals surface area contributed by atoms with E-state index in [4.69, 9.17) is 14.2 Å². The van der Waals surface area contributed by atoms with Gasteiger partial charge in [-0.15, -0.1) is 0 Å². The molecule has 102 valence electrons. The molecule has 0 spiro atoms. The van der Waals surface area contributed by atoms with Crippen molar-refractivity contribution >= 4 is 27.7 Å². The summed E-state index contributed by atoms with van der Waals surface area (Å²) in [6.45, 7) is 4.41. The first-order valence-electron chi connectivity index (χ1n) is 5.86. The number of benzene rings is 1. The second-order valence-electron chi connectivity index (χ2n) is 3.94. The number of ketones is 1. The van der Waals surface area contributed by atoms with Gasteiger partial charge in [-0.3, -0.25) is 4.79 Å². The smallest absolute Gasteiger partial charge is 0.379 e. The summed E-state index contributed by atoms with van der Waals surface area (Å²) < 4.78 is 16.3. The first-order valence-corrected chi connectivity index (χ1v) is 6.65. The number of fused-ring (bicyclic) bond motifs is 1. The van der Waals surface area contributed by atoms with E-state index < -0.39 is 11.8 Å². The average Bonchev–Trinajstić information content (AvgIpc) is 2.42. The Morgan fingerprint density at radius 1 is 1.37 bits per heavy atom. The number of ether oxygens (including phenoxy) is 3. The summed E-state index contributed by atoms with van der Waals surface area (Å²) in [5, 5.41) is 0. The Hall–Kier alpha value is -1.56. The van der Waals surface area contributed by atoms with E-state index in [9.17, 15) is 9.59 Å². The fraction of sp³-hybridized carbons (Fsp3) is 0.385. The van der Waals surface area contributed by atoms with Crippen LogP contribution in [0.15, 0.2) is 10.5 Å². The van der Waals surface area contributed by atoms with Crippen molar-refractivity contribution in [2.24, 2.45) is 0 Å². The number of Topliss-reactive ketones (excluding diaryl/α,β-unsaturated/α-hetero) is 1. The quantitative estimate of drug-likeness (QED) is 0.484. The highest BCUT2D eigenvalue weighted by Gasteiger charge is 2.26. The van der Waals surface area contributed by atoms with Gasteiger partial charge in [-0.1, -0.05) is 0 Å². The molecule has 1 heterocycles. The molecule has 1 aromatic rings. The van der Waals surface area contributed by atoms with E-state index in [1.165, 1.54) is 6.07 Å². The maximum absolute atomic E-state index is 12.0. The van der Waals surface area contributed by atoms with E-state index in [1.807, 2.05) is 0 Å². The van der Waals surface area contributed by atoms with Crippen LogP contribution in [0, 0.1) is 6.92 Å². The summed E-state index contributed by atoms with van der Waals surface area (Å²) in [6.07, 6.45) is 0. The summed E-state index contributed by atoms with van der Waals surface area (Å²) in [7, 11) is 0. The Balaban J connectivity index is 2.44. The van der Waals surface area contributed by atoms with Crippen LogP contribution in [0.1, 0.15) is 22.8 Å². The zero-order chi connectivity index (χ0) is 14.0. The third-order valence-electron chi connectivity index (χ3n) is 2.72. The van der Waals surface area contributed by atoms with Crippen molar-refractivity contribution in [3.05, 3.63) is 21.7 Å². The van der Waals surface area contributed by atoms with Crippen molar-refractivity contribution in [3.8, 4) is 11.5 Å². The monoisotopic (exact) mass is 328 g/mol. The van der Waals surface area contributed by atoms with Crippen molar-refractivity contribution in [2.45, 2.75) is 13.8 Å². The van der Waals surface area contributed by atoms with Gasteiger partial charge in [0.15, 0.2) is 11.5 Å². The van der Waals surface area contributed by atoms with Crippen LogP contribution in [-0.2, 0) is 9.53 Å². The summed E-state index contributed by atoms with van der Waals surface area (Å²) in [6, 6.07) is 1.52. The fourth-order valence-electron chi connectivity index (χ4n) is 1.78. The normalized spacial score (nSPS) is 13.0. The minimum Gasteiger partial charge on any atom is -0.486 e. The fourth-order valence-corrected chi connectivity index (χ4v) is 2.30. The molecular formula is C13H13BrO5. The predicted molar refractivity (Wildman–Crippen MR) is 70.8 cm³/mol. The van der Waals surface area contributed by atoms with Gasteiger partial charge in [-0.25, -0.2) is 4.79 Å². The molecule has 6 heteroatoms. The average molecular weight is 329 g/mol. The summed E-state index contributed by atoms with van der Waals surface area (Å²) in [5.74, 6) is -0.535. The number of rotatable bonds is 3. The first kappa shape index (κ1) is 13.9. The van der Waals surface area contributed by atoms with Gasteiger partial charge in [-0.05, 0) is 41.4 Å². The van der Waals surface area contributed by atoms with Crippen LogP contribution >= 0.6 is 15.9 Å². The SMILES string of the molecule is CCOC(=O)C(=O)c1cc2c(c(Br)c1C)OCCO2. The Morgan fingerprint density at radius 2 is 2.05 bits per heavy atom. The van der Waals surface area contributed by atoms with Crippen LogP contribution in [0.4, 0.5) is 0 Å². The van der Waals surface area contributed by atoms with Crippen LogP contribution in [0.25, 0.3) is 0 Å². The van der Waals surface area contributed by atoms with E-state index in [-0.39, 0.29) is 12.2 Å². The lowest BCUT2D eigenvalue weighted by molar-refractivity contribution is -0.137. The Morgan fingerprint density at radius 3 is 2.74 bits per heavy atom. The molecule has 0 aromatic heterocycles. The second-order valence-corrected chi connectivity index (χ2v) is 4.73. The molecule has 0 fully saturated rings. The molecular weight excluding hydrogens is 316 g/mol. The molecule has 0 radical (unpaired) electrons. The molecule has 0 unspecified atom stereocenters. The minimum atomic E-state index is -0.867. The lowest BCUT2D eigenvalue weighted by Crippen LogP contribution is -2.21. The van der Waals surface area contributed by atoms with Crippen molar-refractivity contribution in [2.75, 3.05) is 19.8 Å². The van der Waals surface area contributed by atoms with Gasteiger partial charge in [0, 0.05) is 5.56 Å². The molecule has 1 aliphatic rings. The third-order valence-corrected chi connectivity index (χ3v) is 3.68. The molecule has 0 saturated carbocycles. The van der Waals surface area contributed by atoms with E-state index in [1.54, 1.807) is 13.8 Å². The molecule has 0 aliphatic carbocycles. The second kappa shape index (κ2) is 5.61. The van der Waals surface area contributed by atoms with E-state index in [2.05, 4.69) is 15.9 Å². The third kappa shape index (κ3) is 2.58.